The lowest BCUT2D eigenvalue weighted by Crippen LogP contribution is -2.20. The van der Waals surface area contributed by atoms with Crippen LogP contribution in [0.4, 0.5) is 5.69 Å². The number of rotatable bonds is 2. The Morgan fingerprint density at radius 2 is 2.08 bits per heavy atom. The summed E-state index contributed by atoms with van der Waals surface area (Å²) in [6.07, 6.45) is 0. The van der Waals surface area contributed by atoms with Gasteiger partial charge >= 0.3 is 0 Å². The second-order valence-electron chi connectivity index (χ2n) is 3.11. The Balaban J connectivity index is 3.13. The van der Waals surface area contributed by atoms with Crippen LogP contribution < -0.4 is 17.2 Å². The van der Waals surface area contributed by atoms with Gasteiger partial charge in [-0.25, -0.2) is 0 Å². The first-order valence-corrected chi connectivity index (χ1v) is 4.11. The maximum Gasteiger partial charge on any atom is 0.139 e. The van der Waals surface area contributed by atoms with Gasteiger partial charge in [-0.15, -0.1) is 0 Å². The molecule has 0 unspecified atom stereocenters. The first-order valence-electron chi connectivity index (χ1n) is 4.11. The molecule has 0 saturated carbocycles. The van der Waals surface area contributed by atoms with E-state index in [1.807, 2.05) is 13.0 Å². The van der Waals surface area contributed by atoms with Crippen LogP contribution in [0.15, 0.2) is 12.1 Å². The van der Waals surface area contributed by atoms with Crippen molar-refractivity contribution in [2.75, 3.05) is 12.3 Å². The van der Waals surface area contributed by atoms with Crippen molar-refractivity contribution in [1.29, 1.82) is 0 Å². The van der Waals surface area contributed by atoms with E-state index >= 15 is 0 Å². The smallest absolute Gasteiger partial charge is 0.139 e. The zero-order valence-electron chi connectivity index (χ0n) is 7.62. The highest BCUT2D eigenvalue weighted by Crippen LogP contribution is 2.27. The molecule has 0 aliphatic carbocycles. The van der Waals surface area contributed by atoms with Crippen molar-refractivity contribution < 1.29 is 5.11 Å². The fourth-order valence-corrected chi connectivity index (χ4v) is 1.16. The number of aromatic hydroxyl groups is 1. The molecule has 72 valence electrons. The van der Waals surface area contributed by atoms with Gasteiger partial charge in [0.2, 0.25) is 0 Å². The summed E-state index contributed by atoms with van der Waals surface area (Å²) in [5.74, 6) is 0.0684. The summed E-state index contributed by atoms with van der Waals surface area (Å²) in [5, 5.41) is 9.40. The predicted octanol–water partition coefficient (Wildman–Crippen LogP) is 0.241. The molecule has 13 heavy (non-hydrogen) atoms. The average Bonchev–Trinajstić information content (AvgIpc) is 2.12. The van der Waals surface area contributed by atoms with E-state index in [1.165, 1.54) is 0 Å². The van der Waals surface area contributed by atoms with Crippen LogP contribution in [0.2, 0.25) is 0 Å². The largest absolute Gasteiger partial charge is 0.506 e. The van der Waals surface area contributed by atoms with E-state index in [2.05, 4.69) is 0 Å². The monoisotopic (exact) mass is 181 g/mol. The average molecular weight is 181 g/mol. The number of anilines is 1. The third kappa shape index (κ3) is 1.91. The maximum absolute atomic E-state index is 9.40. The number of benzene rings is 1. The van der Waals surface area contributed by atoms with E-state index < -0.39 is 0 Å². The van der Waals surface area contributed by atoms with Gasteiger partial charge in [0, 0.05) is 12.6 Å². The second kappa shape index (κ2) is 3.64. The van der Waals surface area contributed by atoms with E-state index in [1.54, 1.807) is 6.07 Å². The van der Waals surface area contributed by atoms with Crippen LogP contribution >= 0.6 is 0 Å². The SMILES string of the molecule is Cc1cc([C@H](N)CN)cc(O)c1N. The summed E-state index contributed by atoms with van der Waals surface area (Å²) in [7, 11) is 0. The molecule has 0 aliphatic heterocycles. The number of phenols is 1. The van der Waals surface area contributed by atoms with Gasteiger partial charge < -0.3 is 22.3 Å². The fourth-order valence-electron chi connectivity index (χ4n) is 1.16. The molecule has 0 aliphatic rings. The lowest BCUT2D eigenvalue weighted by atomic mass is 10.0. The van der Waals surface area contributed by atoms with Crippen molar-refractivity contribution >= 4 is 5.69 Å². The van der Waals surface area contributed by atoms with Gasteiger partial charge in [-0.05, 0) is 24.1 Å². The number of phenolic OH excluding ortho intramolecular Hbond substituents is 1. The van der Waals surface area contributed by atoms with Crippen LogP contribution in [0.1, 0.15) is 17.2 Å². The molecule has 1 atom stereocenters. The van der Waals surface area contributed by atoms with Crippen LogP contribution in [0.3, 0.4) is 0 Å². The van der Waals surface area contributed by atoms with Crippen molar-refractivity contribution in [2.24, 2.45) is 11.5 Å². The van der Waals surface area contributed by atoms with Gasteiger partial charge in [-0.1, -0.05) is 6.07 Å². The molecule has 0 fully saturated rings. The van der Waals surface area contributed by atoms with Gasteiger partial charge in [-0.2, -0.15) is 0 Å². The second-order valence-corrected chi connectivity index (χ2v) is 3.11. The molecule has 0 bridgehead atoms. The molecule has 0 saturated heterocycles. The predicted molar refractivity (Wildman–Crippen MR) is 53.2 cm³/mol. The van der Waals surface area contributed by atoms with Crippen LogP contribution in [-0.4, -0.2) is 11.7 Å². The summed E-state index contributed by atoms with van der Waals surface area (Å²) >= 11 is 0. The number of nitrogens with two attached hydrogens (primary N) is 3. The minimum Gasteiger partial charge on any atom is -0.506 e. The quantitative estimate of drug-likeness (QED) is 0.388. The molecule has 0 radical (unpaired) electrons. The molecule has 1 rings (SSSR count). The third-order valence-electron chi connectivity index (χ3n) is 2.07. The first-order chi connectivity index (χ1) is 6.06. The normalized spacial score (nSPS) is 12.8. The Labute approximate surface area is 77.3 Å². The van der Waals surface area contributed by atoms with E-state index in [9.17, 15) is 5.11 Å². The topological polar surface area (TPSA) is 98.3 Å². The number of hydrogen-bond acceptors (Lipinski definition) is 4. The molecule has 1 aromatic carbocycles. The molecule has 4 heteroatoms. The molecular formula is C9H15N3O. The Bertz CT molecular complexity index is 289. The van der Waals surface area contributed by atoms with E-state index in [0.717, 1.165) is 11.1 Å². The van der Waals surface area contributed by atoms with Crippen molar-refractivity contribution in [1.82, 2.24) is 0 Å². The lowest BCUT2D eigenvalue weighted by molar-refractivity contribution is 0.476. The molecule has 4 nitrogen and oxygen atoms in total. The molecule has 0 heterocycles. The van der Waals surface area contributed by atoms with E-state index in [4.69, 9.17) is 17.2 Å². The van der Waals surface area contributed by atoms with Crippen LogP contribution in [0.25, 0.3) is 0 Å². The van der Waals surface area contributed by atoms with Gasteiger partial charge in [0.1, 0.15) is 5.75 Å². The Morgan fingerprint density at radius 1 is 1.46 bits per heavy atom. The van der Waals surface area contributed by atoms with Crippen molar-refractivity contribution in [3.8, 4) is 5.75 Å². The molecule has 1 aromatic rings. The van der Waals surface area contributed by atoms with Crippen molar-refractivity contribution in [3.63, 3.8) is 0 Å². The zero-order valence-corrected chi connectivity index (χ0v) is 7.62. The highest BCUT2D eigenvalue weighted by molar-refractivity contribution is 5.59. The van der Waals surface area contributed by atoms with E-state index in [-0.39, 0.29) is 11.8 Å². The van der Waals surface area contributed by atoms with Gasteiger partial charge in [-0.3, -0.25) is 0 Å². The van der Waals surface area contributed by atoms with Gasteiger partial charge in [0.05, 0.1) is 5.69 Å². The molecule has 7 N–H and O–H groups in total. The van der Waals surface area contributed by atoms with Crippen molar-refractivity contribution in [2.45, 2.75) is 13.0 Å². The van der Waals surface area contributed by atoms with Gasteiger partial charge in [0.15, 0.2) is 0 Å². The lowest BCUT2D eigenvalue weighted by Gasteiger charge is -2.12. The van der Waals surface area contributed by atoms with Crippen LogP contribution in [0.5, 0.6) is 5.75 Å². The van der Waals surface area contributed by atoms with Crippen LogP contribution in [0, 0.1) is 6.92 Å². The minimum absolute atomic E-state index is 0.0684. The van der Waals surface area contributed by atoms with Crippen LogP contribution in [-0.2, 0) is 0 Å². The Morgan fingerprint density at radius 3 is 2.54 bits per heavy atom. The first kappa shape index (κ1) is 9.83. The molecule has 0 aromatic heterocycles. The Kier molecular flexibility index (Phi) is 2.75. The minimum atomic E-state index is -0.245. The van der Waals surface area contributed by atoms with Crippen molar-refractivity contribution in [3.05, 3.63) is 23.3 Å². The Hall–Kier alpha value is -1.26. The highest BCUT2D eigenvalue weighted by Gasteiger charge is 2.08. The van der Waals surface area contributed by atoms with E-state index in [0.29, 0.717) is 12.2 Å². The number of aryl methyl sites for hydroxylation is 1. The molecule has 0 amide bonds. The molecule has 0 spiro atoms. The standard InChI is InChI=1S/C9H15N3O/c1-5-2-6(7(11)4-10)3-8(13)9(5)12/h2-3,7,13H,4,10-12H2,1H3/t7-/m1/s1. The third-order valence-corrected chi connectivity index (χ3v) is 2.07. The molecular weight excluding hydrogens is 166 g/mol. The summed E-state index contributed by atoms with van der Waals surface area (Å²) < 4.78 is 0. The number of nitrogen functional groups attached to an aromatic ring is 1. The fraction of sp³-hybridized carbons (Fsp3) is 0.333. The van der Waals surface area contributed by atoms with Gasteiger partial charge in [0.25, 0.3) is 0 Å². The summed E-state index contributed by atoms with van der Waals surface area (Å²) in [6.45, 7) is 2.17. The summed E-state index contributed by atoms with van der Waals surface area (Å²) in [6, 6.07) is 3.15. The summed E-state index contributed by atoms with van der Waals surface area (Å²) in [4.78, 5) is 0. The highest BCUT2D eigenvalue weighted by atomic mass is 16.3. The summed E-state index contributed by atoms with van der Waals surface area (Å²) in [5.41, 5.74) is 18.7. The number of hydrogen-bond donors (Lipinski definition) is 4. The maximum atomic E-state index is 9.40. The zero-order chi connectivity index (χ0) is 10.0.